The van der Waals surface area contributed by atoms with Gasteiger partial charge < -0.3 is 8.60 Å². The van der Waals surface area contributed by atoms with Gasteiger partial charge in [-0.05, 0) is 51.9 Å². The lowest BCUT2D eigenvalue weighted by molar-refractivity contribution is -0.0369. The Morgan fingerprint density at radius 1 is 0.760 bits per heavy atom. The lowest BCUT2D eigenvalue weighted by atomic mass is 9.94. The van der Waals surface area contributed by atoms with Crippen molar-refractivity contribution in [2.45, 2.75) is 5.51 Å². The van der Waals surface area contributed by atoms with Gasteiger partial charge in [0.15, 0.2) is 12.0 Å². The average molecular weight is 358 g/mol. The zero-order valence-corrected chi connectivity index (χ0v) is 13.4. The number of furan rings is 1. The van der Waals surface area contributed by atoms with Gasteiger partial charge in [0.05, 0.1) is 0 Å². The Morgan fingerprint density at radius 3 is 2.04 bits per heavy atom. The molecular formula is C19H9F3O2S. The zero-order valence-electron chi connectivity index (χ0n) is 12.6. The zero-order chi connectivity index (χ0) is 17.2. The third-order valence-electron chi connectivity index (χ3n) is 4.33. The molecule has 0 aliphatic heterocycles. The van der Waals surface area contributed by atoms with E-state index in [1.807, 2.05) is 36.4 Å². The molecule has 0 radical (unpaired) electrons. The van der Waals surface area contributed by atoms with Gasteiger partial charge >= 0.3 is 5.51 Å². The lowest BCUT2D eigenvalue weighted by Gasteiger charge is -2.11. The molecule has 1 heterocycles. The fraction of sp³-hybridized carbons (Fsp3) is 0.0526. The van der Waals surface area contributed by atoms with Crippen molar-refractivity contribution in [3.05, 3.63) is 54.6 Å². The molecule has 0 unspecified atom stereocenters. The highest BCUT2D eigenvalue weighted by Gasteiger charge is 2.31. The van der Waals surface area contributed by atoms with E-state index in [9.17, 15) is 13.2 Å². The molecule has 0 saturated heterocycles. The van der Waals surface area contributed by atoms with E-state index in [1.165, 1.54) is 0 Å². The van der Waals surface area contributed by atoms with Gasteiger partial charge in [0, 0.05) is 10.8 Å². The first kappa shape index (κ1) is 14.7. The van der Waals surface area contributed by atoms with Crippen LogP contribution in [0, 0.1) is 0 Å². The number of halogens is 3. The van der Waals surface area contributed by atoms with Gasteiger partial charge in [0.1, 0.15) is 16.9 Å². The van der Waals surface area contributed by atoms with E-state index < -0.39 is 17.6 Å². The minimum atomic E-state index is -4.45. The maximum Gasteiger partial charge on any atom is 0.479 e. The summed E-state index contributed by atoms with van der Waals surface area (Å²) in [7, 11) is 0. The third kappa shape index (κ3) is 2.21. The van der Waals surface area contributed by atoms with Crippen LogP contribution in [-0.4, -0.2) is 5.51 Å². The molecule has 0 aliphatic rings. The number of rotatable bonds is 2. The number of fused-ring (bicyclic) bond motifs is 3. The van der Waals surface area contributed by atoms with Crippen LogP contribution < -0.4 is 4.18 Å². The molecule has 5 aromatic rings. The maximum atomic E-state index is 12.4. The fourth-order valence-corrected chi connectivity index (χ4v) is 3.74. The van der Waals surface area contributed by atoms with E-state index in [0.29, 0.717) is 0 Å². The highest BCUT2D eigenvalue weighted by atomic mass is 32.2. The van der Waals surface area contributed by atoms with Gasteiger partial charge in [-0.25, -0.2) is 0 Å². The summed E-state index contributed by atoms with van der Waals surface area (Å²) in [4.78, 5) is 0. The van der Waals surface area contributed by atoms with Gasteiger partial charge in [-0.1, -0.05) is 24.3 Å². The van der Waals surface area contributed by atoms with E-state index >= 15 is 0 Å². The summed E-state index contributed by atoms with van der Waals surface area (Å²) in [5, 5.41) is 5.77. The van der Waals surface area contributed by atoms with Gasteiger partial charge in [-0.15, -0.1) is 0 Å². The predicted octanol–water partition coefficient (Wildman–Crippen LogP) is 6.88. The van der Waals surface area contributed by atoms with Crippen molar-refractivity contribution < 1.29 is 21.8 Å². The minimum absolute atomic E-state index is 0.164. The van der Waals surface area contributed by atoms with Crippen molar-refractivity contribution >= 4 is 55.5 Å². The molecule has 4 aromatic carbocycles. The number of benzene rings is 4. The summed E-state index contributed by atoms with van der Waals surface area (Å²) >= 11 is -0.507. The second-order valence-corrected chi connectivity index (χ2v) is 6.58. The van der Waals surface area contributed by atoms with Gasteiger partial charge in [0.25, 0.3) is 0 Å². The number of alkyl halides is 3. The standard InChI is InChI=1S/C19H9F3O2S/c20-19(21,22)25-24-10-7-8-11-12-3-1-5-15-17(12)18-13(14(11)9-10)4-2-6-16(18)23-15/h1-9H. The largest absolute Gasteiger partial charge is 0.479 e. The molecule has 0 aliphatic carbocycles. The van der Waals surface area contributed by atoms with E-state index in [1.54, 1.807) is 18.2 Å². The van der Waals surface area contributed by atoms with Crippen molar-refractivity contribution in [1.82, 2.24) is 0 Å². The topological polar surface area (TPSA) is 22.4 Å². The summed E-state index contributed by atoms with van der Waals surface area (Å²) in [6.45, 7) is 0. The molecule has 0 amide bonds. The Bertz CT molecular complexity index is 1240. The van der Waals surface area contributed by atoms with Crippen LogP contribution in [0.25, 0.3) is 43.5 Å². The molecule has 5 rings (SSSR count). The summed E-state index contributed by atoms with van der Waals surface area (Å²) in [6.07, 6.45) is 0. The second-order valence-electron chi connectivity index (χ2n) is 5.78. The molecule has 6 heteroatoms. The van der Waals surface area contributed by atoms with Crippen molar-refractivity contribution in [2.24, 2.45) is 0 Å². The molecule has 2 nitrogen and oxygen atoms in total. The molecule has 25 heavy (non-hydrogen) atoms. The lowest BCUT2D eigenvalue weighted by Crippen LogP contribution is -2.02. The molecule has 0 fully saturated rings. The highest BCUT2D eigenvalue weighted by Crippen LogP contribution is 2.43. The quantitative estimate of drug-likeness (QED) is 0.254. The summed E-state index contributed by atoms with van der Waals surface area (Å²) in [5.74, 6) is 0.164. The van der Waals surface area contributed by atoms with Gasteiger partial charge in [-0.2, -0.15) is 13.2 Å². The Morgan fingerprint density at radius 2 is 1.40 bits per heavy atom. The number of hydrogen-bond acceptors (Lipinski definition) is 3. The van der Waals surface area contributed by atoms with Crippen LogP contribution in [0.5, 0.6) is 5.75 Å². The molecule has 0 N–H and O–H groups in total. The Kier molecular flexibility index (Phi) is 2.92. The summed E-state index contributed by atoms with van der Waals surface area (Å²) < 4.78 is 48.0. The first-order chi connectivity index (χ1) is 12.0. The molecule has 0 saturated carbocycles. The predicted molar refractivity (Wildman–Crippen MR) is 94.2 cm³/mol. The molecule has 124 valence electrons. The maximum absolute atomic E-state index is 12.4. The smallest absolute Gasteiger partial charge is 0.456 e. The van der Waals surface area contributed by atoms with Gasteiger partial charge in [-0.3, -0.25) is 0 Å². The Balaban J connectivity index is 1.84. The molecule has 0 bridgehead atoms. The van der Waals surface area contributed by atoms with E-state index in [2.05, 4.69) is 0 Å². The summed E-state index contributed by atoms with van der Waals surface area (Å²) in [6, 6.07) is 16.6. The van der Waals surface area contributed by atoms with Crippen molar-refractivity contribution in [2.75, 3.05) is 0 Å². The SMILES string of the molecule is FC(F)(F)SOc1ccc2c(c1)c1cccc3oc4cccc2c4c31. The normalized spacial score (nSPS) is 12.8. The molecule has 0 atom stereocenters. The van der Waals surface area contributed by atoms with E-state index in [0.717, 1.165) is 43.5 Å². The van der Waals surface area contributed by atoms with E-state index in [-0.39, 0.29) is 5.75 Å². The summed E-state index contributed by atoms with van der Waals surface area (Å²) in [5.41, 5.74) is -2.88. The van der Waals surface area contributed by atoms with Crippen molar-refractivity contribution in [3.63, 3.8) is 0 Å². The van der Waals surface area contributed by atoms with Crippen LogP contribution >= 0.6 is 12.0 Å². The third-order valence-corrected chi connectivity index (χ3v) is 4.79. The molecule has 1 aromatic heterocycles. The molecular weight excluding hydrogens is 349 g/mol. The monoisotopic (exact) mass is 358 g/mol. The first-order valence-electron chi connectivity index (χ1n) is 7.53. The highest BCUT2D eigenvalue weighted by molar-refractivity contribution is 7.95. The second kappa shape index (κ2) is 4.95. The Labute approximate surface area is 143 Å². The number of hydrogen-bond donors (Lipinski definition) is 0. The van der Waals surface area contributed by atoms with Crippen LogP contribution in [-0.2, 0) is 0 Å². The van der Waals surface area contributed by atoms with Gasteiger partial charge in [0.2, 0.25) is 0 Å². The van der Waals surface area contributed by atoms with E-state index in [4.69, 9.17) is 8.60 Å². The molecule has 0 spiro atoms. The van der Waals surface area contributed by atoms with Crippen LogP contribution in [0.15, 0.2) is 59.0 Å². The van der Waals surface area contributed by atoms with Crippen molar-refractivity contribution in [1.29, 1.82) is 0 Å². The van der Waals surface area contributed by atoms with Crippen LogP contribution in [0.2, 0.25) is 0 Å². The van der Waals surface area contributed by atoms with Crippen LogP contribution in [0.4, 0.5) is 13.2 Å². The van der Waals surface area contributed by atoms with Crippen molar-refractivity contribution in [3.8, 4) is 5.75 Å². The minimum Gasteiger partial charge on any atom is -0.456 e. The van der Waals surface area contributed by atoms with Crippen LogP contribution in [0.1, 0.15) is 0 Å². The Hall–Kier alpha value is -2.60. The first-order valence-corrected chi connectivity index (χ1v) is 8.27. The van der Waals surface area contributed by atoms with Crippen LogP contribution in [0.3, 0.4) is 0 Å². The fourth-order valence-electron chi connectivity index (χ4n) is 3.44. The average Bonchev–Trinajstić information content (AvgIpc) is 2.98.